The summed E-state index contributed by atoms with van der Waals surface area (Å²) in [4.78, 5) is 11.7. The molecule has 1 amide bonds. The van der Waals surface area contributed by atoms with Crippen molar-refractivity contribution in [2.75, 3.05) is 27.4 Å². The molecule has 0 spiro atoms. The molecule has 0 saturated heterocycles. The largest absolute Gasteiger partial charge is 0.496 e. The molecule has 1 aromatic rings. The Labute approximate surface area is 108 Å². The predicted octanol–water partition coefficient (Wildman–Crippen LogP) is 1.62. The van der Waals surface area contributed by atoms with Crippen LogP contribution in [0.25, 0.3) is 0 Å². The van der Waals surface area contributed by atoms with Crippen LogP contribution in [0.4, 0.5) is 0 Å². The van der Waals surface area contributed by atoms with Crippen molar-refractivity contribution in [1.29, 1.82) is 0 Å². The summed E-state index contributed by atoms with van der Waals surface area (Å²) in [7, 11) is 3.27. The van der Waals surface area contributed by atoms with E-state index in [2.05, 4.69) is 5.32 Å². The van der Waals surface area contributed by atoms with Gasteiger partial charge in [0.15, 0.2) is 0 Å². The van der Waals surface area contributed by atoms with E-state index in [0.29, 0.717) is 19.6 Å². The van der Waals surface area contributed by atoms with Crippen LogP contribution in [0.2, 0.25) is 0 Å². The minimum absolute atomic E-state index is 0.0136. The fourth-order valence-corrected chi connectivity index (χ4v) is 1.79. The normalized spacial score (nSPS) is 10.2. The topological polar surface area (TPSA) is 47.6 Å². The summed E-state index contributed by atoms with van der Waals surface area (Å²) >= 11 is 0. The Morgan fingerprint density at radius 1 is 1.22 bits per heavy atom. The number of benzene rings is 1. The van der Waals surface area contributed by atoms with Crippen LogP contribution in [0.3, 0.4) is 0 Å². The third-order valence-corrected chi connectivity index (χ3v) is 2.83. The van der Waals surface area contributed by atoms with Gasteiger partial charge in [-0.1, -0.05) is 6.07 Å². The van der Waals surface area contributed by atoms with Crippen LogP contribution in [0.5, 0.6) is 5.75 Å². The Morgan fingerprint density at radius 3 is 2.56 bits per heavy atom. The molecule has 1 N–H and O–H groups in total. The summed E-state index contributed by atoms with van der Waals surface area (Å²) in [5, 5.41) is 2.81. The number of rotatable bonds is 6. The Balaban J connectivity index is 2.67. The van der Waals surface area contributed by atoms with Crippen LogP contribution in [-0.4, -0.2) is 33.3 Å². The van der Waals surface area contributed by atoms with Gasteiger partial charge in [0.1, 0.15) is 5.75 Å². The number of amides is 1. The number of nitrogens with one attached hydrogen (secondary N) is 1. The fraction of sp³-hybridized carbons (Fsp3) is 0.500. The molecule has 0 aliphatic heterocycles. The summed E-state index contributed by atoms with van der Waals surface area (Å²) in [5.74, 6) is 0.871. The van der Waals surface area contributed by atoms with Crippen LogP contribution in [0.1, 0.15) is 16.7 Å². The Kier molecular flexibility index (Phi) is 5.65. The van der Waals surface area contributed by atoms with Crippen LogP contribution >= 0.6 is 0 Å². The van der Waals surface area contributed by atoms with E-state index >= 15 is 0 Å². The minimum Gasteiger partial charge on any atom is -0.496 e. The number of ether oxygens (including phenoxy) is 2. The quantitative estimate of drug-likeness (QED) is 0.781. The molecule has 18 heavy (non-hydrogen) atoms. The molecule has 0 atom stereocenters. The molecular formula is C14H21NO3. The Morgan fingerprint density at radius 2 is 1.94 bits per heavy atom. The number of carbonyl (C=O) groups is 1. The molecule has 0 bridgehead atoms. The zero-order chi connectivity index (χ0) is 13.5. The monoisotopic (exact) mass is 251 g/mol. The number of aryl methyl sites for hydroxylation is 2. The first-order chi connectivity index (χ1) is 8.58. The maximum atomic E-state index is 11.7. The lowest BCUT2D eigenvalue weighted by atomic mass is 10.0. The van der Waals surface area contributed by atoms with Gasteiger partial charge in [-0.05, 0) is 36.6 Å². The van der Waals surface area contributed by atoms with E-state index in [1.807, 2.05) is 26.0 Å². The van der Waals surface area contributed by atoms with Gasteiger partial charge in [0.2, 0.25) is 5.91 Å². The summed E-state index contributed by atoms with van der Waals surface area (Å²) in [6.07, 6.45) is 0.389. The molecule has 4 heteroatoms. The molecule has 0 unspecified atom stereocenters. The van der Waals surface area contributed by atoms with Gasteiger partial charge in [0.05, 0.1) is 20.1 Å². The average molecular weight is 251 g/mol. The smallest absolute Gasteiger partial charge is 0.224 e. The molecule has 100 valence electrons. The zero-order valence-corrected chi connectivity index (χ0v) is 11.5. The average Bonchev–Trinajstić information content (AvgIpc) is 2.33. The van der Waals surface area contributed by atoms with E-state index in [1.54, 1.807) is 14.2 Å². The molecule has 0 fully saturated rings. The third-order valence-electron chi connectivity index (χ3n) is 2.83. The number of hydrogen-bond donors (Lipinski definition) is 1. The van der Waals surface area contributed by atoms with E-state index in [4.69, 9.17) is 9.47 Å². The summed E-state index contributed by atoms with van der Waals surface area (Å²) in [5.41, 5.74) is 3.14. The molecular weight excluding hydrogens is 230 g/mol. The highest BCUT2D eigenvalue weighted by Gasteiger charge is 2.08. The number of methoxy groups -OCH3 is 2. The van der Waals surface area contributed by atoms with Gasteiger partial charge in [-0.3, -0.25) is 4.79 Å². The van der Waals surface area contributed by atoms with Gasteiger partial charge in [0.25, 0.3) is 0 Å². The molecule has 0 aliphatic rings. The van der Waals surface area contributed by atoms with Crippen molar-refractivity contribution in [3.05, 3.63) is 28.8 Å². The predicted molar refractivity (Wildman–Crippen MR) is 71.1 cm³/mol. The summed E-state index contributed by atoms with van der Waals surface area (Å²) < 4.78 is 10.1. The lowest BCUT2D eigenvalue weighted by molar-refractivity contribution is -0.120. The van der Waals surface area contributed by atoms with Crippen LogP contribution in [-0.2, 0) is 16.0 Å². The van der Waals surface area contributed by atoms with Crippen molar-refractivity contribution in [2.24, 2.45) is 0 Å². The lowest BCUT2D eigenvalue weighted by Crippen LogP contribution is -2.28. The van der Waals surface area contributed by atoms with Crippen molar-refractivity contribution in [3.63, 3.8) is 0 Å². The highest BCUT2D eigenvalue weighted by Crippen LogP contribution is 2.22. The highest BCUT2D eigenvalue weighted by molar-refractivity contribution is 5.79. The molecule has 0 heterocycles. The minimum atomic E-state index is 0.0136. The first kappa shape index (κ1) is 14.5. The van der Waals surface area contributed by atoms with Gasteiger partial charge >= 0.3 is 0 Å². The SMILES string of the molecule is COCCNC(=O)Cc1cc(C)c(OC)cc1C. The third kappa shape index (κ3) is 4.04. The fourth-order valence-electron chi connectivity index (χ4n) is 1.79. The molecule has 0 aliphatic carbocycles. The number of hydrogen-bond acceptors (Lipinski definition) is 3. The van der Waals surface area contributed by atoms with E-state index in [-0.39, 0.29) is 5.91 Å². The van der Waals surface area contributed by atoms with Gasteiger partial charge in [0, 0.05) is 13.7 Å². The van der Waals surface area contributed by atoms with Crippen molar-refractivity contribution >= 4 is 5.91 Å². The van der Waals surface area contributed by atoms with Gasteiger partial charge in [-0.15, -0.1) is 0 Å². The first-order valence-corrected chi connectivity index (χ1v) is 5.98. The zero-order valence-electron chi connectivity index (χ0n) is 11.5. The van der Waals surface area contributed by atoms with Crippen LogP contribution in [0.15, 0.2) is 12.1 Å². The van der Waals surface area contributed by atoms with Crippen molar-refractivity contribution in [2.45, 2.75) is 20.3 Å². The van der Waals surface area contributed by atoms with E-state index < -0.39 is 0 Å². The van der Waals surface area contributed by atoms with E-state index in [0.717, 1.165) is 22.4 Å². The molecule has 0 radical (unpaired) electrons. The molecule has 1 rings (SSSR count). The Hall–Kier alpha value is -1.55. The van der Waals surface area contributed by atoms with Gasteiger partial charge in [-0.25, -0.2) is 0 Å². The second-order valence-electron chi connectivity index (χ2n) is 4.27. The maximum absolute atomic E-state index is 11.7. The maximum Gasteiger partial charge on any atom is 0.224 e. The summed E-state index contributed by atoms with van der Waals surface area (Å²) in [6.45, 7) is 5.04. The van der Waals surface area contributed by atoms with Crippen molar-refractivity contribution < 1.29 is 14.3 Å². The van der Waals surface area contributed by atoms with Gasteiger partial charge in [-0.2, -0.15) is 0 Å². The van der Waals surface area contributed by atoms with Crippen LogP contribution < -0.4 is 10.1 Å². The number of carbonyl (C=O) groups excluding carboxylic acids is 1. The van der Waals surface area contributed by atoms with Crippen LogP contribution in [0, 0.1) is 13.8 Å². The molecule has 0 aromatic heterocycles. The lowest BCUT2D eigenvalue weighted by Gasteiger charge is -2.11. The van der Waals surface area contributed by atoms with Crippen molar-refractivity contribution in [3.8, 4) is 5.75 Å². The molecule has 1 aromatic carbocycles. The Bertz CT molecular complexity index is 416. The molecule has 4 nitrogen and oxygen atoms in total. The van der Waals surface area contributed by atoms with Gasteiger partial charge < -0.3 is 14.8 Å². The second kappa shape index (κ2) is 7.01. The highest BCUT2D eigenvalue weighted by atomic mass is 16.5. The molecule has 0 saturated carbocycles. The summed E-state index contributed by atoms with van der Waals surface area (Å²) in [6, 6.07) is 3.97. The first-order valence-electron chi connectivity index (χ1n) is 5.98. The van der Waals surface area contributed by atoms with E-state index in [1.165, 1.54) is 0 Å². The van der Waals surface area contributed by atoms with Crippen molar-refractivity contribution in [1.82, 2.24) is 5.32 Å². The second-order valence-corrected chi connectivity index (χ2v) is 4.27. The standard InChI is InChI=1S/C14H21NO3/c1-10-8-13(18-4)11(2)7-12(10)9-14(16)15-5-6-17-3/h7-8H,5-6,9H2,1-4H3,(H,15,16). The van der Waals surface area contributed by atoms with E-state index in [9.17, 15) is 4.79 Å².